The second kappa shape index (κ2) is 6.22. The molecule has 0 spiro atoms. The zero-order valence-corrected chi connectivity index (χ0v) is 12.8. The lowest BCUT2D eigenvalue weighted by molar-refractivity contribution is 0.414. The van der Waals surface area contributed by atoms with Crippen LogP contribution in [0.25, 0.3) is 0 Å². The van der Waals surface area contributed by atoms with E-state index in [9.17, 15) is 0 Å². The molecule has 0 unspecified atom stereocenters. The minimum Gasteiger partial charge on any atom is -0.497 e. The predicted molar refractivity (Wildman–Crippen MR) is 86.7 cm³/mol. The van der Waals surface area contributed by atoms with Gasteiger partial charge in [0.2, 0.25) is 0 Å². The lowest BCUT2D eigenvalue weighted by Gasteiger charge is -2.36. The molecule has 110 valence electrons. The normalized spacial score (nSPS) is 15.1. The molecule has 0 bridgehead atoms. The minimum absolute atomic E-state index is 0.675. The van der Waals surface area contributed by atoms with Crippen LogP contribution in [0.15, 0.2) is 42.6 Å². The zero-order chi connectivity index (χ0) is 14.7. The van der Waals surface area contributed by atoms with E-state index in [1.165, 1.54) is 5.69 Å². The van der Waals surface area contributed by atoms with Gasteiger partial charge >= 0.3 is 0 Å². The average Bonchev–Trinajstić information content (AvgIpc) is 2.56. The Hall–Kier alpha value is -1.94. The predicted octanol–water partition coefficient (Wildman–Crippen LogP) is 3.07. The second-order valence-corrected chi connectivity index (χ2v) is 5.45. The third-order valence-electron chi connectivity index (χ3n) is 3.73. The van der Waals surface area contributed by atoms with Crippen LogP contribution in [0.4, 0.5) is 11.5 Å². The van der Waals surface area contributed by atoms with Gasteiger partial charge in [-0.05, 0) is 24.3 Å². The molecular weight excluding hydrogens is 286 g/mol. The van der Waals surface area contributed by atoms with Gasteiger partial charge in [0, 0.05) is 44.1 Å². The number of aromatic nitrogens is 1. The van der Waals surface area contributed by atoms with Gasteiger partial charge in [-0.2, -0.15) is 0 Å². The monoisotopic (exact) mass is 303 g/mol. The fraction of sp³-hybridized carbons (Fsp3) is 0.312. The molecule has 0 aliphatic carbocycles. The Labute approximate surface area is 129 Å². The largest absolute Gasteiger partial charge is 0.497 e. The Balaban J connectivity index is 1.65. The third kappa shape index (κ3) is 3.22. The summed E-state index contributed by atoms with van der Waals surface area (Å²) >= 11 is 5.88. The summed E-state index contributed by atoms with van der Waals surface area (Å²) in [5.74, 6) is 1.89. The maximum Gasteiger partial charge on any atom is 0.128 e. The highest BCUT2D eigenvalue weighted by Gasteiger charge is 2.18. The summed E-state index contributed by atoms with van der Waals surface area (Å²) in [4.78, 5) is 9.04. The van der Waals surface area contributed by atoms with Crippen molar-refractivity contribution in [3.8, 4) is 5.75 Å². The molecule has 1 aliphatic rings. The molecule has 0 amide bonds. The zero-order valence-electron chi connectivity index (χ0n) is 12.0. The highest BCUT2D eigenvalue weighted by Crippen LogP contribution is 2.23. The van der Waals surface area contributed by atoms with Crippen LogP contribution in [0.2, 0.25) is 5.02 Å². The van der Waals surface area contributed by atoms with Crippen LogP contribution < -0.4 is 14.5 Å². The van der Waals surface area contributed by atoms with Gasteiger partial charge in [0.25, 0.3) is 0 Å². The minimum atomic E-state index is 0.675. The van der Waals surface area contributed by atoms with Crippen LogP contribution in [0.3, 0.4) is 0 Å². The van der Waals surface area contributed by atoms with Crippen molar-refractivity contribution in [1.82, 2.24) is 4.98 Å². The van der Waals surface area contributed by atoms with Crippen molar-refractivity contribution < 1.29 is 4.74 Å². The maximum absolute atomic E-state index is 5.88. The first kappa shape index (κ1) is 14.0. The van der Waals surface area contributed by atoms with E-state index in [2.05, 4.69) is 26.9 Å². The van der Waals surface area contributed by atoms with E-state index in [0.29, 0.717) is 5.02 Å². The van der Waals surface area contributed by atoms with E-state index in [0.717, 1.165) is 37.7 Å². The molecule has 0 radical (unpaired) electrons. The number of anilines is 2. The summed E-state index contributed by atoms with van der Waals surface area (Å²) < 4.78 is 5.29. The van der Waals surface area contributed by atoms with Crippen molar-refractivity contribution in [2.75, 3.05) is 43.1 Å². The highest BCUT2D eigenvalue weighted by molar-refractivity contribution is 6.30. The molecule has 2 aromatic rings. The average molecular weight is 304 g/mol. The van der Waals surface area contributed by atoms with Crippen LogP contribution in [-0.2, 0) is 0 Å². The van der Waals surface area contributed by atoms with Crippen LogP contribution in [0.5, 0.6) is 5.75 Å². The van der Waals surface area contributed by atoms with Gasteiger partial charge in [-0.15, -0.1) is 0 Å². The lowest BCUT2D eigenvalue weighted by atomic mass is 10.2. The number of piperazine rings is 1. The van der Waals surface area contributed by atoms with Gasteiger partial charge in [-0.1, -0.05) is 17.7 Å². The van der Waals surface area contributed by atoms with Crippen molar-refractivity contribution in [2.24, 2.45) is 0 Å². The number of ether oxygens (including phenoxy) is 1. The van der Waals surface area contributed by atoms with Crippen LogP contribution in [0.1, 0.15) is 0 Å². The maximum atomic E-state index is 5.88. The number of methoxy groups -OCH3 is 1. The Kier molecular flexibility index (Phi) is 4.15. The van der Waals surface area contributed by atoms with Crippen molar-refractivity contribution in [2.45, 2.75) is 0 Å². The van der Waals surface area contributed by atoms with Crippen LogP contribution >= 0.6 is 11.6 Å². The van der Waals surface area contributed by atoms with E-state index in [-0.39, 0.29) is 0 Å². The number of rotatable bonds is 3. The summed E-state index contributed by atoms with van der Waals surface area (Å²) in [5, 5.41) is 0.675. The quantitative estimate of drug-likeness (QED) is 0.871. The first-order valence-corrected chi connectivity index (χ1v) is 7.39. The number of hydrogen-bond acceptors (Lipinski definition) is 4. The molecule has 4 nitrogen and oxygen atoms in total. The van der Waals surface area contributed by atoms with E-state index in [4.69, 9.17) is 16.3 Å². The molecule has 0 atom stereocenters. The molecule has 0 N–H and O–H groups in total. The van der Waals surface area contributed by atoms with Gasteiger partial charge in [-0.3, -0.25) is 0 Å². The number of benzene rings is 1. The van der Waals surface area contributed by atoms with Crippen LogP contribution in [0, 0.1) is 0 Å². The Morgan fingerprint density at radius 3 is 2.48 bits per heavy atom. The smallest absolute Gasteiger partial charge is 0.128 e. The first-order chi connectivity index (χ1) is 10.3. The molecule has 1 saturated heterocycles. The number of nitrogens with zero attached hydrogens (tertiary/aromatic N) is 3. The molecule has 2 heterocycles. The summed E-state index contributed by atoms with van der Waals surface area (Å²) in [7, 11) is 1.70. The number of pyridine rings is 1. The second-order valence-electron chi connectivity index (χ2n) is 5.01. The number of hydrogen-bond donors (Lipinski definition) is 0. The third-order valence-corrected chi connectivity index (χ3v) is 3.96. The molecule has 5 heteroatoms. The molecule has 1 aliphatic heterocycles. The highest BCUT2D eigenvalue weighted by atomic mass is 35.5. The van der Waals surface area contributed by atoms with E-state index >= 15 is 0 Å². The molecule has 1 aromatic heterocycles. The van der Waals surface area contributed by atoms with Crippen molar-refractivity contribution >= 4 is 23.1 Å². The summed E-state index contributed by atoms with van der Waals surface area (Å²) in [5.41, 5.74) is 1.21. The Morgan fingerprint density at radius 1 is 1.05 bits per heavy atom. The summed E-state index contributed by atoms with van der Waals surface area (Å²) in [6, 6.07) is 12.1. The van der Waals surface area contributed by atoms with E-state index in [1.807, 2.05) is 24.3 Å². The fourth-order valence-electron chi connectivity index (χ4n) is 2.56. The molecule has 21 heavy (non-hydrogen) atoms. The van der Waals surface area contributed by atoms with Crippen molar-refractivity contribution in [1.29, 1.82) is 0 Å². The Bertz CT molecular complexity index is 595. The van der Waals surface area contributed by atoms with Crippen molar-refractivity contribution in [3.05, 3.63) is 47.6 Å². The van der Waals surface area contributed by atoms with E-state index < -0.39 is 0 Å². The molecule has 0 saturated carbocycles. The van der Waals surface area contributed by atoms with E-state index in [1.54, 1.807) is 13.3 Å². The molecule has 1 fully saturated rings. The summed E-state index contributed by atoms with van der Waals surface area (Å²) in [6.07, 6.45) is 1.70. The first-order valence-electron chi connectivity index (χ1n) is 7.02. The Morgan fingerprint density at radius 2 is 1.81 bits per heavy atom. The number of halogens is 1. The molecular formula is C16H18ClN3O. The SMILES string of the molecule is COc1cccc(N2CCN(c3ccc(Cl)cn3)CC2)c1. The molecule has 1 aromatic carbocycles. The molecule has 3 rings (SSSR count). The fourth-order valence-corrected chi connectivity index (χ4v) is 2.67. The van der Waals surface area contributed by atoms with Gasteiger partial charge in [0.1, 0.15) is 11.6 Å². The van der Waals surface area contributed by atoms with Gasteiger partial charge in [-0.25, -0.2) is 4.98 Å². The van der Waals surface area contributed by atoms with Crippen LogP contribution in [-0.4, -0.2) is 38.3 Å². The van der Waals surface area contributed by atoms with Crippen molar-refractivity contribution in [3.63, 3.8) is 0 Å². The van der Waals surface area contributed by atoms with Gasteiger partial charge < -0.3 is 14.5 Å². The lowest BCUT2D eigenvalue weighted by Crippen LogP contribution is -2.46. The topological polar surface area (TPSA) is 28.6 Å². The standard InChI is InChI=1S/C16H18ClN3O/c1-21-15-4-2-3-14(11-15)19-7-9-20(10-8-19)16-6-5-13(17)12-18-16/h2-6,11-12H,7-10H2,1H3. The van der Waals surface area contributed by atoms with Gasteiger partial charge in [0.15, 0.2) is 0 Å². The summed E-state index contributed by atoms with van der Waals surface area (Å²) in [6.45, 7) is 3.84. The van der Waals surface area contributed by atoms with Gasteiger partial charge in [0.05, 0.1) is 12.1 Å².